The Kier molecular flexibility index (Phi) is 8.24. The fraction of sp³-hybridized carbons (Fsp3) is 0. The molecule has 1 nitrogen and oxygen atoms in total. The molecule has 0 bridgehead atoms. The Labute approximate surface area is 322 Å². The molecule has 10 rings (SSSR count). The van der Waals surface area contributed by atoms with E-state index in [1.807, 2.05) is 0 Å². The molecule has 0 N–H and O–H groups in total. The van der Waals surface area contributed by atoms with Crippen molar-refractivity contribution in [3.05, 3.63) is 224 Å². The Bertz CT molecular complexity index is 2950. The largest absolute Gasteiger partial charge is 0.310 e. The molecule has 0 fully saturated rings. The molecule has 10 aromatic carbocycles. The molecule has 0 atom stereocenters. The summed E-state index contributed by atoms with van der Waals surface area (Å²) in [7, 11) is 0. The van der Waals surface area contributed by atoms with E-state index in [1.165, 1.54) is 76.8 Å². The van der Waals surface area contributed by atoms with Gasteiger partial charge in [-0.15, -0.1) is 0 Å². The van der Waals surface area contributed by atoms with Gasteiger partial charge in [-0.25, -0.2) is 0 Å². The van der Waals surface area contributed by atoms with E-state index in [0.717, 1.165) is 17.1 Å². The van der Waals surface area contributed by atoms with Gasteiger partial charge in [0.1, 0.15) is 0 Å². The number of benzene rings is 10. The summed E-state index contributed by atoms with van der Waals surface area (Å²) in [6.07, 6.45) is 0. The summed E-state index contributed by atoms with van der Waals surface area (Å²) in [4.78, 5) is 2.38. The van der Waals surface area contributed by atoms with Crippen LogP contribution in [0.15, 0.2) is 224 Å². The lowest BCUT2D eigenvalue weighted by Gasteiger charge is -2.26. The van der Waals surface area contributed by atoms with Crippen LogP contribution in [0.2, 0.25) is 0 Å². The highest BCUT2D eigenvalue weighted by molar-refractivity contribution is 6.04. The van der Waals surface area contributed by atoms with Crippen molar-refractivity contribution in [2.75, 3.05) is 4.90 Å². The molecule has 0 radical (unpaired) electrons. The average Bonchev–Trinajstić information content (AvgIpc) is 3.27. The Balaban J connectivity index is 1.09. The van der Waals surface area contributed by atoms with Crippen molar-refractivity contribution in [2.45, 2.75) is 0 Å². The fourth-order valence-corrected chi connectivity index (χ4v) is 8.12. The highest BCUT2D eigenvalue weighted by Crippen LogP contribution is 2.42. The van der Waals surface area contributed by atoms with Crippen LogP contribution in [0.4, 0.5) is 17.1 Å². The van der Waals surface area contributed by atoms with E-state index < -0.39 is 0 Å². The van der Waals surface area contributed by atoms with Gasteiger partial charge in [-0.3, -0.25) is 0 Å². The summed E-state index contributed by atoms with van der Waals surface area (Å²) >= 11 is 0. The first-order valence-corrected chi connectivity index (χ1v) is 18.9. The van der Waals surface area contributed by atoms with Crippen molar-refractivity contribution < 1.29 is 0 Å². The Morgan fingerprint density at radius 1 is 0.236 bits per heavy atom. The molecule has 0 aliphatic heterocycles. The van der Waals surface area contributed by atoms with Gasteiger partial charge >= 0.3 is 0 Å². The zero-order chi connectivity index (χ0) is 36.6. The zero-order valence-corrected chi connectivity index (χ0v) is 30.3. The van der Waals surface area contributed by atoms with Gasteiger partial charge in [0.15, 0.2) is 0 Å². The molecule has 10 aromatic rings. The number of hydrogen-bond donors (Lipinski definition) is 0. The molecule has 0 aliphatic carbocycles. The molecule has 0 amide bonds. The maximum absolute atomic E-state index is 2.38. The molecule has 0 spiro atoms. The average molecular weight is 700 g/mol. The Morgan fingerprint density at radius 2 is 0.782 bits per heavy atom. The van der Waals surface area contributed by atoms with E-state index in [1.54, 1.807) is 0 Å². The second-order valence-corrected chi connectivity index (χ2v) is 14.1. The summed E-state index contributed by atoms with van der Waals surface area (Å²) in [5.41, 5.74) is 13.1. The van der Waals surface area contributed by atoms with Crippen LogP contribution in [0, 0.1) is 0 Å². The number of nitrogens with zero attached hydrogens (tertiary/aromatic N) is 1. The van der Waals surface area contributed by atoms with Crippen LogP contribution >= 0.6 is 0 Å². The van der Waals surface area contributed by atoms with Gasteiger partial charge in [-0.2, -0.15) is 0 Å². The first-order chi connectivity index (χ1) is 27.3. The molecule has 0 aliphatic rings. The smallest absolute Gasteiger partial charge is 0.0468 e. The first kappa shape index (κ1) is 32.4. The van der Waals surface area contributed by atoms with E-state index in [4.69, 9.17) is 0 Å². The third-order valence-electron chi connectivity index (χ3n) is 10.8. The number of rotatable bonds is 7. The van der Waals surface area contributed by atoms with Gasteiger partial charge in [0.25, 0.3) is 0 Å². The lowest BCUT2D eigenvalue weighted by atomic mass is 9.90. The van der Waals surface area contributed by atoms with E-state index in [0.29, 0.717) is 0 Å². The van der Waals surface area contributed by atoms with Gasteiger partial charge in [0.2, 0.25) is 0 Å². The molecule has 0 aromatic heterocycles. The van der Waals surface area contributed by atoms with Crippen LogP contribution in [0.3, 0.4) is 0 Å². The third-order valence-corrected chi connectivity index (χ3v) is 10.8. The van der Waals surface area contributed by atoms with Crippen LogP contribution < -0.4 is 4.90 Å². The molecule has 0 saturated carbocycles. The van der Waals surface area contributed by atoms with Crippen LogP contribution in [0.1, 0.15) is 0 Å². The lowest BCUT2D eigenvalue weighted by molar-refractivity contribution is 1.29. The normalized spacial score (nSPS) is 11.3. The molecule has 0 heterocycles. The standard InChI is InChI=1S/C54H37N/c1-3-13-40(14-4-1)50-21-11-19-46-37-49(33-35-51(46)50)55(47-29-24-39(25-30-47)45-23-22-38-12-7-8-18-44(38)36-45)48-31-26-42(27-32-48)53-34-28-41-15-9-10-20-52(41)54(53)43-16-5-2-6-17-43/h1-37H. The molecule has 1 heteroatoms. The monoisotopic (exact) mass is 699 g/mol. The number of anilines is 3. The van der Waals surface area contributed by atoms with Crippen molar-refractivity contribution >= 4 is 49.4 Å². The van der Waals surface area contributed by atoms with Gasteiger partial charge in [0.05, 0.1) is 0 Å². The minimum atomic E-state index is 1.10. The van der Waals surface area contributed by atoms with Crippen LogP contribution in [-0.2, 0) is 0 Å². The summed E-state index contributed by atoms with van der Waals surface area (Å²) in [5.74, 6) is 0. The highest BCUT2D eigenvalue weighted by atomic mass is 15.1. The van der Waals surface area contributed by atoms with Crippen molar-refractivity contribution in [1.29, 1.82) is 0 Å². The van der Waals surface area contributed by atoms with E-state index in [9.17, 15) is 0 Å². The second-order valence-electron chi connectivity index (χ2n) is 14.1. The SMILES string of the molecule is c1ccc(-c2cccc3cc(N(c4ccc(-c5ccc6ccccc6c5)cc4)c4ccc(-c5ccc6ccccc6c5-c5ccccc5)cc4)ccc23)cc1. The van der Waals surface area contributed by atoms with Crippen LogP contribution in [0.25, 0.3) is 76.8 Å². The molecular weight excluding hydrogens is 663 g/mol. The Hall–Kier alpha value is -7.22. The number of hydrogen-bond acceptors (Lipinski definition) is 1. The van der Waals surface area contributed by atoms with Gasteiger partial charge in [-0.1, -0.05) is 182 Å². The van der Waals surface area contributed by atoms with Crippen molar-refractivity contribution in [3.8, 4) is 44.5 Å². The first-order valence-electron chi connectivity index (χ1n) is 18.9. The predicted octanol–water partition coefficient (Wildman–Crippen LogP) is 15.3. The van der Waals surface area contributed by atoms with Gasteiger partial charge in [-0.05, 0) is 119 Å². The van der Waals surface area contributed by atoms with Crippen molar-refractivity contribution in [3.63, 3.8) is 0 Å². The second kappa shape index (κ2) is 14.0. The molecular formula is C54H37N. The number of fused-ring (bicyclic) bond motifs is 3. The van der Waals surface area contributed by atoms with Crippen molar-refractivity contribution in [2.24, 2.45) is 0 Å². The molecule has 258 valence electrons. The van der Waals surface area contributed by atoms with E-state index in [2.05, 4.69) is 229 Å². The van der Waals surface area contributed by atoms with Gasteiger partial charge in [0, 0.05) is 17.1 Å². The minimum absolute atomic E-state index is 1.10. The maximum atomic E-state index is 2.38. The van der Waals surface area contributed by atoms with E-state index in [-0.39, 0.29) is 0 Å². The Morgan fingerprint density at radius 3 is 1.53 bits per heavy atom. The predicted molar refractivity (Wildman–Crippen MR) is 235 cm³/mol. The fourth-order valence-electron chi connectivity index (χ4n) is 8.12. The summed E-state index contributed by atoms with van der Waals surface area (Å²) in [5, 5.41) is 7.45. The quantitative estimate of drug-likeness (QED) is 0.160. The minimum Gasteiger partial charge on any atom is -0.310 e. The maximum Gasteiger partial charge on any atom is 0.0468 e. The molecule has 0 saturated heterocycles. The lowest BCUT2D eigenvalue weighted by Crippen LogP contribution is -2.10. The topological polar surface area (TPSA) is 3.24 Å². The van der Waals surface area contributed by atoms with Crippen LogP contribution in [0.5, 0.6) is 0 Å². The van der Waals surface area contributed by atoms with E-state index >= 15 is 0 Å². The summed E-state index contributed by atoms with van der Waals surface area (Å²) in [6.45, 7) is 0. The third kappa shape index (κ3) is 6.12. The van der Waals surface area contributed by atoms with Crippen LogP contribution in [-0.4, -0.2) is 0 Å². The van der Waals surface area contributed by atoms with Crippen molar-refractivity contribution in [1.82, 2.24) is 0 Å². The highest BCUT2D eigenvalue weighted by Gasteiger charge is 2.17. The summed E-state index contributed by atoms with van der Waals surface area (Å²) < 4.78 is 0. The zero-order valence-electron chi connectivity index (χ0n) is 30.3. The molecule has 0 unspecified atom stereocenters. The van der Waals surface area contributed by atoms with Gasteiger partial charge < -0.3 is 4.90 Å². The molecule has 55 heavy (non-hydrogen) atoms. The summed E-state index contributed by atoms with van der Waals surface area (Å²) in [6, 6.07) is 81.4.